The van der Waals surface area contributed by atoms with Crippen LogP contribution in [0.2, 0.25) is 0 Å². The molecule has 0 aromatic carbocycles. The van der Waals surface area contributed by atoms with Gasteiger partial charge in [0.15, 0.2) is 5.16 Å². The largest absolute Gasteiger partial charge is 0.373 e. The average molecular weight is 243 g/mol. The molecule has 0 radical (unpaired) electrons. The number of hydrogen-bond donors (Lipinski definition) is 1. The summed E-state index contributed by atoms with van der Waals surface area (Å²) in [5.74, 6) is 2.03. The molecular formula is C10H17N3S2. The van der Waals surface area contributed by atoms with E-state index in [9.17, 15) is 0 Å². The molecule has 5 heteroatoms. The maximum atomic E-state index is 4.45. The first-order valence-corrected chi connectivity index (χ1v) is 7.24. The van der Waals surface area contributed by atoms with Gasteiger partial charge in [-0.05, 0) is 18.4 Å². The van der Waals surface area contributed by atoms with E-state index in [1.807, 2.05) is 19.4 Å². The van der Waals surface area contributed by atoms with Crippen molar-refractivity contribution < 1.29 is 0 Å². The summed E-state index contributed by atoms with van der Waals surface area (Å²) in [5.41, 5.74) is 0. The molecule has 3 nitrogen and oxygen atoms in total. The smallest absolute Gasteiger partial charge is 0.190 e. The highest BCUT2D eigenvalue weighted by Gasteiger charge is 2.03. The van der Waals surface area contributed by atoms with Gasteiger partial charge in [0, 0.05) is 13.1 Å². The molecule has 0 aliphatic heterocycles. The highest BCUT2D eigenvalue weighted by Crippen LogP contribution is 2.22. The molecule has 0 unspecified atom stereocenters. The van der Waals surface area contributed by atoms with Crippen LogP contribution in [-0.4, -0.2) is 29.0 Å². The fourth-order valence-corrected chi connectivity index (χ4v) is 2.44. The zero-order valence-electron chi connectivity index (χ0n) is 9.41. The molecule has 15 heavy (non-hydrogen) atoms. The van der Waals surface area contributed by atoms with Crippen molar-refractivity contribution in [1.82, 2.24) is 9.97 Å². The third-order valence-corrected chi connectivity index (χ3v) is 3.41. The number of hydrogen-bond acceptors (Lipinski definition) is 5. The van der Waals surface area contributed by atoms with Crippen molar-refractivity contribution in [3.8, 4) is 0 Å². The van der Waals surface area contributed by atoms with Crippen LogP contribution in [0.1, 0.15) is 19.8 Å². The van der Waals surface area contributed by atoms with Gasteiger partial charge in [-0.15, -0.1) is 11.8 Å². The zero-order chi connectivity index (χ0) is 11.1. The molecule has 1 heterocycles. The Morgan fingerprint density at radius 1 is 1.40 bits per heavy atom. The van der Waals surface area contributed by atoms with E-state index in [2.05, 4.69) is 22.2 Å². The Balaban J connectivity index is 2.68. The molecular weight excluding hydrogens is 226 g/mol. The summed E-state index contributed by atoms with van der Waals surface area (Å²) in [6, 6.07) is 2.00. The third kappa shape index (κ3) is 4.30. The topological polar surface area (TPSA) is 37.8 Å². The summed E-state index contributed by atoms with van der Waals surface area (Å²) in [6.45, 7) is 2.20. The molecule has 0 aliphatic rings. The summed E-state index contributed by atoms with van der Waals surface area (Å²) in [5, 5.41) is 4.95. The Kier molecular flexibility index (Phi) is 5.86. The van der Waals surface area contributed by atoms with E-state index in [4.69, 9.17) is 0 Å². The molecule has 0 aliphatic carbocycles. The fourth-order valence-electron chi connectivity index (χ4n) is 1.02. The van der Waals surface area contributed by atoms with Crippen LogP contribution in [0.5, 0.6) is 0 Å². The van der Waals surface area contributed by atoms with Gasteiger partial charge in [0.05, 0.1) is 0 Å². The van der Waals surface area contributed by atoms with Gasteiger partial charge in [0.1, 0.15) is 10.8 Å². The van der Waals surface area contributed by atoms with Crippen molar-refractivity contribution in [1.29, 1.82) is 0 Å². The Labute approximate surface area is 99.9 Å². The van der Waals surface area contributed by atoms with E-state index in [0.717, 1.165) is 21.8 Å². The maximum Gasteiger partial charge on any atom is 0.190 e. The lowest BCUT2D eigenvalue weighted by molar-refractivity contribution is 0.878. The standard InChI is InChI=1S/C10H17N3S2/c1-4-5-6-15-9-7-8(11-2)12-10(13-9)14-3/h7H,4-6H2,1-3H3,(H,11,12,13). The van der Waals surface area contributed by atoms with Crippen LogP contribution < -0.4 is 5.32 Å². The summed E-state index contributed by atoms with van der Waals surface area (Å²) >= 11 is 3.38. The SMILES string of the molecule is CCCCSc1cc(NC)nc(SC)n1. The lowest BCUT2D eigenvalue weighted by Crippen LogP contribution is -1.97. The minimum Gasteiger partial charge on any atom is -0.373 e. The first-order chi connectivity index (χ1) is 7.30. The van der Waals surface area contributed by atoms with Crippen LogP contribution in [-0.2, 0) is 0 Å². The predicted molar refractivity (Wildman–Crippen MR) is 69.0 cm³/mol. The van der Waals surface area contributed by atoms with Crippen molar-refractivity contribution in [2.24, 2.45) is 0 Å². The number of unbranched alkanes of at least 4 members (excludes halogenated alkanes) is 1. The van der Waals surface area contributed by atoms with Crippen LogP contribution >= 0.6 is 23.5 Å². The molecule has 1 N–H and O–H groups in total. The van der Waals surface area contributed by atoms with Gasteiger partial charge in [-0.2, -0.15) is 0 Å². The van der Waals surface area contributed by atoms with Crippen molar-refractivity contribution in [2.75, 3.05) is 24.4 Å². The second-order valence-electron chi connectivity index (χ2n) is 3.03. The first-order valence-electron chi connectivity index (χ1n) is 5.03. The predicted octanol–water partition coefficient (Wildman–Crippen LogP) is 3.13. The second kappa shape index (κ2) is 6.95. The average Bonchev–Trinajstić information content (AvgIpc) is 2.29. The van der Waals surface area contributed by atoms with Crippen molar-refractivity contribution >= 4 is 29.3 Å². The minimum absolute atomic E-state index is 0.834. The van der Waals surface area contributed by atoms with Gasteiger partial charge in [0.25, 0.3) is 0 Å². The van der Waals surface area contributed by atoms with E-state index in [1.165, 1.54) is 12.8 Å². The van der Waals surface area contributed by atoms with Crippen molar-refractivity contribution in [2.45, 2.75) is 29.9 Å². The normalized spacial score (nSPS) is 10.3. The monoisotopic (exact) mass is 243 g/mol. The van der Waals surface area contributed by atoms with E-state index in [-0.39, 0.29) is 0 Å². The zero-order valence-corrected chi connectivity index (χ0v) is 11.0. The quantitative estimate of drug-likeness (QED) is 0.359. The number of anilines is 1. The van der Waals surface area contributed by atoms with E-state index < -0.39 is 0 Å². The van der Waals surface area contributed by atoms with Crippen molar-refractivity contribution in [3.63, 3.8) is 0 Å². The van der Waals surface area contributed by atoms with Gasteiger partial charge in [-0.25, -0.2) is 9.97 Å². The molecule has 1 rings (SSSR count). The summed E-state index contributed by atoms with van der Waals surface area (Å²) in [4.78, 5) is 8.77. The molecule has 0 saturated carbocycles. The molecule has 1 aromatic rings. The Morgan fingerprint density at radius 3 is 2.80 bits per heavy atom. The third-order valence-electron chi connectivity index (χ3n) is 1.87. The molecule has 0 fully saturated rings. The second-order valence-corrected chi connectivity index (χ2v) is 4.92. The Bertz CT molecular complexity index is 282. The van der Waals surface area contributed by atoms with Gasteiger partial charge >= 0.3 is 0 Å². The molecule has 0 saturated heterocycles. The summed E-state index contributed by atoms with van der Waals surface area (Å²) < 4.78 is 0. The first kappa shape index (κ1) is 12.6. The van der Waals surface area contributed by atoms with Crippen LogP contribution in [0.15, 0.2) is 16.2 Å². The van der Waals surface area contributed by atoms with Crippen LogP contribution in [0, 0.1) is 0 Å². The highest BCUT2D eigenvalue weighted by molar-refractivity contribution is 7.99. The number of nitrogens with zero attached hydrogens (tertiary/aromatic N) is 2. The molecule has 0 amide bonds. The van der Waals surface area contributed by atoms with Gasteiger partial charge in [-0.3, -0.25) is 0 Å². The molecule has 0 atom stereocenters. The van der Waals surface area contributed by atoms with Gasteiger partial charge < -0.3 is 5.32 Å². The molecule has 1 aromatic heterocycles. The van der Waals surface area contributed by atoms with Crippen LogP contribution in [0.3, 0.4) is 0 Å². The maximum absolute atomic E-state index is 4.45. The number of rotatable bonds is 6. The highest BCUT2D eigenvalue weighted by atomic mass is 32.2. The molecule has 0 bridgehead atoms. The van der Waals surface area contributed by atoms with E-state index in [0.29, 0.717) is 0 Å². The number of aromatic nitrogens is 2. The van der Waals surface area contributed by atoms with Crippen LogP contribution in [0.4, 0.5) is 5.82 Å². The molecule has 84 valence electrons. The van der Waals surface area contributed by atoms with Crippen molar-refractivity contribution in [3.05, 3.63) is 6.07 Å². The van der Waals surface area contributed by atoms with Gasteiger partial charge in [-0.1, -0.05) is 25.1 Å². The lowest BCUT2D eigenvalue weighted by Gasteiger charge is -2.05. The lowest BCUT2D eigenvalue weighted by atomic mass is 10.4. The van der Waals surface area contributed by atoms with E-state index >= 15 is 0 Å². The Morgan fingerprint density at radius 2 is 2.20 bits per heavy atom. The Hall–Kier alpha value is -0.420. The molecule has 0 spiro atoms. The summed E-state index contributed by atoms with van der Waals surface area (Å²) in [7, 11) is 1.88. The minimum atomic E-state index is 0.834. The summed E-state index contributed by atoms with van der Waals surface area (Å²) in [6.07, 6.45) is 4.46. The van der Waals surface area contributed by atoms with E-state index in [1.54, 1.807) is 23.5 Å². The number of nitrogens with one attached hydrogen (secondary N) is 1. The van der Waals surface area contributed by atoms with Gasteiger partial charge in [0.2, 0.25) is 0 Å². The number of thioether (sulfide) groups is 2. The fraction of sp³-hybridized carbons (Fsp3) is 0.600. The van der Waals surface area contributed by atoms with Crippen LogP contribution in [0.25, 0.3) is 0 Å².